The van der Waals surface area contributed by atoms with Crippen molar-refractivity contribution in [2.24, 2.45) is 23.6 Å². The zero-order chi connectivity index (χ0) is 14.4. The number of hydrogen-bond donors (Lipinski definition) is 2. The highest BCUT2D eigenvalue weighted by Crippen LogP contribution is 2.35. The standard InChI is InChI=1S/C18H30N2/c1-14-11-12-17(13-15(14)2)18(20-19)10-6-9-16-7-4-3-5-8-16/h3-5,7-8,14-15,17-18,20H,6,9-13,19H2,1-2H3. The van der Waals surface area contributed by atoms with E-state index in [1.54, 1.807) is 0 Å². The molecule has 0 radical (unpaired) electrons. The summed E-state index contributed by atoms with van der Waals surface area (Å²) in [6.45, 7) is 4.79. The second-order valence-electron chi connectivity index (χ2n) is 6.68. The highest BCUT2D eigenvalue weighted by molar-refractivity contribution is 5.14. The quantitative estimate of drug-likeness (QED) is 0.609. The van der Waals surface area contributed by atoms with Gasteiger partial charge in [0.1, 0.15) is 0 Å². The molecule has 0 spiro atoms. The molecule has 4 unspecified atom stereocenters. The molecule has 0 bridgehead atoms. The Morgan fingerprint density at radius 1 is 1.15 bits per heavy atom. The summed E-state index contributed by atoms with van der Waals surface area (Å²) in [6, 6.07) is 11.3. The normalized spacial score (nSPS) is 28.2. The van der Waals surface area contributed by atoms with Crippen LogP contribution in [0.3, 0.4) is 0 Å². The zero-order valence-electron chi connectivity index (χ0n) is 13.0. The molecular weight excluding hydrogens is 244 g/mol. The topological polar surface area (TPSA) is 38.0 Å². The SMILES string of the molecule is CC1CCC(C(CCCc2ccccc2)NN)CC1C. The molecule has 1 saturated carbocycles. The van der Waals surface area contributed by atoms with Gasteiger partial charge in [0, 0.05) is 6.04 Å². The predicted molar refractivity (Wildman–Crippen MR) is 86.2 cm³/mol. The molecule has 0 saturated heterocycles. The second-order valence-corrected chi connectivity index (χ2v) is 6.68. The van der Waals surface area contributed by atoms with Crippen molar-refractivity contribution in [2.75, 3.05) is 0 Å². The Morgan fingerprint density at radius 3 is 2.55 bits per heavy atom. The van der Waals surface area contributed by atoms with Gasteiger partial charge >= 0.3 is 0 Å². The van der Waals surface area contributed by atoms with E-state index in [2.05, 4.69) is 49.6 Å². The predicted octanol–water partition coefficient (Wildman–Crippen LogP) is 3.91. The molecule has 0 aliphatic heterocycles. The maximum absolute atomic E-state index is 5.81. The minimum Gasteiger partial charge on any atom is -0.271 e. The van der Waals surface area contributed by atoms with Crippen LogP contribution in [0.5, 0.6) is 0 Å². The lowest BCUT2D eigenvalue weighted by molar-refractivity contribution is 0.165. The first-order chi connectivity index (χ1) is 9.70. The van der Waals surface area contributed by atoms with Crippen LogP contribution in [-0.4, -0.2) is 6.04 Å². The zero-order valence-corrected chi connectivity index (χ0v) is 13.0. The van der Waals surface area contributed by atoms with Crippen molar-refractivity contribution in [1.82, 2.24) is 5.43 Å². The maximum Gasteiger partial charge on any atom is 0.0239 e. The van der Waals surface area contributed by atoms with Crippen LogP contribution in [0.4, 0.5) is 0 Å². The number of benzene rings is 1. The van der Waals surface area contributed by atoms with Gasteiger partial charge in [0.05, 0.1) is 0 Å². The highest BCUT2D eigenvalue weighted by Gasteiger charge is 2.29. The van der Waals surface area contributed by atoms with E-state index in [1.165, 1.54) is 37.7 Å². The van der Waals surface area contributed by atoms with Crippen LogP contribution in [-0.2, 0) is 6.42 Å². The van der Waals surface area contributed by atoms with E-state index in [1.807, 2.05) is 0 Å². The maximum atomic E-state index is 5.81. The summed E-state index contributed by atoms with van der Waals surface area (Å²) in [5, 5.41) is 0. The van der Waals surface area contributed by atoms with Gasteiger partial charge in [-0.2, -0.15) is 0 Å². The molecule has 0 heterocycles. The molecule has 20 heavy (non-hydrogen) atoms. The van der Waals surface area contributed by atoms with Crippen molar-refractivity contribution < 1.29 is 0 Å². The monoisotopic (exact) mass is 274 g/mol. The third-order valence-electron chi connectivity index (χ3n) is 5.25. The summed E-state index contributed by atoms with van der Waals surface area (Å²) >= 11 is 0. The van der Waals surface area contributed by atoms with Gasteiger partial charge in [0.25, 0.3) is 0 Å². The van der Waals surface area contributed by atoms with E-state index in [0.717, 1.165) is 24.2 Å². The molecular formula is C18H30N2. The largest absolute Gasteiger partial charge is 0.271 e. The third-order valence-corrected chi connectivity index (χ3v) is 5.25. The van der Waals surface area contributed by atoms with Crippen LogP contribution in [0.25, 0.3) is 0 Å². The van der Waals surface area contributed by atoms with Gasteiger partial charge in [-0.1, -0.05) is 50.6 Å². The highest BCUT2D eigenvalue weighted by atomic mass is 15.2. The number of hydrazine groups is 1. The summed E-state index contributed by atoms with van der Waals surface area (Å²) in [5.74, 6) is 8.31. The van der Waals surface area contributed by atoms with E-state index in [4.69, 9.17) is 5.84 Å². The Kier molecular flexibility index (Phi) is 6.06. The van der Waals surface area contributed by atoms with Crippen LogP contribution in [0.2, 0.25) is 0 Å². The lowest BCUT2D eigenvalue weighted by Crippen LogP contribution is -2.43. The first-order valence-corrected chi connectivity index (χ1v) is 8.20. The van der Waals surface area contributed by atoms with Gasteiger partial charge in [0.15, 0.2) is 0 Å². The Morgan fingerprint density at radius 2 is 1.90 bits per heavy atom. The van der Waals surface area contributed by atoms with Crippen molar-refractivity contribution in [1.29, 1.82) is 0 Å². The van der Waals surface area contributed by atoms with Crippen molar-refractivity contribution >= 4 is 0 Å². The summed E-state index contributed by atoms with van der Waals surface area (Å²) in [4.78, 5) is 0. The molecule has 0 aromatic heterocycles. The van der Waals surface area contributed by atoms with Gasteiger partial charge in [-0.05, 0) is 55.4 Å². The first-order valence-electron chi connectivity index (χ1n) is 8.20. The Hall–Kier alpha value is -0.860. The number of aryl methyl sites for hydroxylation is 1. The fourth-order valence-electron chi connectivity index (χ4n) is 3.58. The Bertz CT molecular complexity index is 376. The molecule has 112 valence electrons. The minimum atomic E-state index is 0.494. The fourth-order valence-corrected chi connectivity index (χ4v) is 3.58. The first kappa shape index (κ1) is 15.5. The fraction of sp³-hybridized carbons (Fsp3) is 0.667. The summed E-state index contributed by atoms with van der Waals surface area (Å²) in [7, 11) is 0. The molecule has 2 rings (SSSR count). The molecule has 0 amide bonds. The molecule has 1 fully saturated rings. The molecule has 2 nitrogen and oxygen atoms in total. The summed E-state index contributed by atoms with van der Waals surface area (Å²) in [6.07, 6.45) is 7.62. The van der Waals surface area contributed by atoms with Gasteiger partial charge < -0.3 is 0 Å². The Balaban J connectivity index is 1.77. The molecule has 3 N–H and O–H groups in total. The minimum absolute atomic E-state index is 0.494. The second kappa shape index (κ2) is 7.80. The van der Waals surface area contributed by atoms with Crippen molar-refractivity contribution in [3.63, 3.8) is 0 Å². The van der Waals surface area contributed by atoms with Crippen LogP contribution >= 0.6 is 0 Å². The molecule has 1 aliphatic carbocycles. The Labute approximate surface area is 124 Å². The van der Waals surface area contributed by atoms with Crippen LogP contribution in [0, 0.1) is 17.8 Å². The average molecular weight is 274 g/mol. The van der Waals surface area contributed by atoms with E-state index >= 15 is 0 Å². The number of nitrogens with one attached hydrogen (secondary N) is 1. The van der Waals surface area contributed by atoms with Crippen LogP contribution in [0.1, 0.15) is 51.5 Å². The van der Waals surface area contributed by atoms with E-state index in [-0.39, 0.29) is 0 Å². The van der Waals surface area contributed by atoms with Gasteiger partial charge in [-0.15, -0.1) is 0 Å². The lowest BCUT2D eigenvalue weighted by atomic mass is 9.72. The lowest BCUT2D eigenvalue weighted by Gasteiger charge is -2.36. The van der Waals surface area contributed by atoms with E-state index < -0.39 is 0 Å². The number of rotatable bonds is 6. The summed E-state index contributed by atoms with van der Waals surface area (Å²) in [5.41, 5.74) is 4.53. The smallest absolute Gasteiger partial charge is 0.0239 e. The van der Waals surface area contributed by atoms with Crippen molar-refractivity contribution in [2.45, 2.75) is 58.4 Å². The number of nitrogens with two attached hydrogens (primary N) is 1. The van der Waals surface area contributed by atoms with Crippen molar-refractivity contribution in [3.8, 4) is 0 Å². The van der Waals surface area contributed by atoms with Crippen LogP contribution in [0.15, 0.2) is 30.3 Å². The summed E-state index contributed by atoms with van der Waals surface area (Å²) < 4.78 is 0. The number of hydrogen-bond acceptors (Lipinski definition) is 2. The van der Waals surface area contributed by atoms with Crippen LogP contribution < -0.4 is 11.3 Å². The van der Waals surface area contributed by atoms with Gasteiger partial charge in [0.2, 0.25) is 0 Å². The molecule has 2 heteroatoms. The molecule has 1 aromatic rings. The van der Waals surface area contributed by atoms with E-state index in [9.17, 15) is 0 Å². The average Bonchev–Trinajstić information content (AvgIpc) is 2.48. The van der Waals surface area contributed by atoms with Gasteiger partial charge in [-0.3, -0.25) is 11.3 Å². The van der Waals surface area contributed by atoms with Gasteiger partial charge in [-0.25, -0.2) is 0 Å². The molecule has 1 aliphatic rings. The molecule has 1 aromatic carbocycles. The van der Waals surface area contributed by atoms with Crippen molar-refractivity contribution in [3.05, 3.63) is 35.9 Å². The van der Waals surface area contributed by atoms with E-state index in [0.29, 0.717) is 6.04 Å². The third kappa shape index (κ3) is 4.32. The molecule has 4 atom stereocenters.